The minimum Gasteiger partial charge on any atom is -0.391 e. The van der Waals surface area contributed by atoms with Crippen LogP contribution in [0.3, 0.4) is 0 Å². The first-order chi connectivity index (χ1) is 10.4. The molecule has 126 valence electrons. The lowest BCUT2D eigenvalue weighted by molar-refractivity contribution is -0.227. The van der Waals surface area contributed by atoms with Crippen LogP contribution >= 0.6 is 15.9 Å². The van der Waals surface area contributed by atoms with Gasteiger partial charge in [0.05, 0.1) is 12.7 Å². The molecule has 2 N–H and O–H groups in total. The number of aliphatic hydroxyl groups excluding tert-OH is 2. The van der Waals surface area contributed by atoms with Gasteiger partial charge in [-0.25, -0.2) is 0 Å². The normalized spacial score (nSPS) is 61.2. The van der Waals surface area contributed by atoms with Gasteiger partial charge in [-0.1, -0.05) is 29.8 Å². The zero-order valence-electron chi connectivity index (χ0n) is 13.7. The quantitative estimate of drug-likeness (QED) is 0.641. The number of hydrogen-bond donors (Lipinski definition) is 2. The van der Waals surface area contributed by atoms with E-state index in [1.807, 2.05) is 0 Å². The van der Waals surface area contributed by atoms with Gasteiger partial charge in [0.1, 0.15) is 0 Å². The van der Waals surface area contributed by atoms with E-state index in [4.69, 9.17) is 4.74 Å². The molecule has 1 saturated heterocycles. The molecule has 1 unspecified atom stereocenters. The van der Waals surface area contributed by atoms with Crippen LogP contribution < -0.4 is 0 Å². The van der Waals surface area contributed by atoms with Crippen molar-refractivity contribution in [3.05, 3.63) is 0 Å². The summed E-state index contributed by atoms with van der Waals surface area (Å²) in [7, 11) is 0. The lowest BCUT2D eigenvalue weighted by Crippen LogP contribution is -2.56. The molecule has 4 fully saturated rings. The summed E-state index contributed by atoms with van der Waals surface area (Å²) in [5, 5.41) is 20.5. The molecular formula is C18H29BrO3. The molecule has 0 aromatic carbocycles. The Bertz CT molecular complexity index is 458. The van der Waals surface area contributed by atoms with Crippen molar-refractivity contribution in [3.8, 4) is 0 Å². The summed E-state index contributed by atoms with van der Waals surface area (Å²) in [5.74, 6) is 2.65. The summed E-state index contributed by atoms with van der Waals surface area (Å²) in [6.45, 7) is 5.43. The first-order valence-electron chi connectivity index (χ1n) is 8.98. The van der Waals surface area contributed by atoms with Crippen molar-refractivity contribution < 1.29 is 14.9 Å². The molecule has 3 saturated carbocycles. The topological polar surface area (TPSA) is 49.7 Å². The molecule has 0 amide bonds. The molecule has 22 heavy (non-hydrogen) atoms. The van der Waals surface area contributed by atoms with Gasteiger partial charge in [-0.15, -0.1) is 0 Å². The molecule has 0 aromatic rings. The fraction of sp³-hybridized carbons (Fsp3) is 1.00. The smallest absolute Gasteiger partial charge is 0.154 e. The highest BCUT2D eigenvalue weighted by molar-refractivity contribution is 9.09. The summed E-state index contributed by atoms with van der Waals surface area (Å²) in [4.78, 5) is 0.260. The van der Waals surface area contributed by atoms with Crippen molar-refractivity contribution in [1.82, 2.24) is 0 Å². The van der Waals surface area contributed by atoms with Crippen LogP contribution in [0.5, 0.6) is 0 Å². The van der Waals surface area contributed by atoms with Gasteiger partial charge in [0.25, 0.3) is 0 Å². The first-order valence-corrected chi connectivity index (χ1v) is 9.89. The van der Waals surface area contributed by atoms with Crippen LogP contribution in [0, 0.1) is 34.5 Å². The van der Waals surface area contributed by atoms with Crippen molar-refractivity contribution in [2.45, 2.75) is 69.6 Å². The molecule has 1 heterocycles. The number of ether oxygens (including phenoxy) is 1. The molecule has 0 spiro atoms. The maximum Gasteiger partial charge on any atom is 0.154 e. The van der Waals surface area contributed by atoms with Crippen LogP contribution in [0.25, 0.3) is 0 Å². The standard InChI is InChI=1S/C18H29BrO3/c1-17-6-5-12-11(13(17)8-14(19)16(17)21)4-3-10-7-15(20)22-9-18(10,12)2/h10-16,20-21H,3-9H2,1-2H3/t10?,11-,12+,13+,14-,15-,16+,17+,18+/m1/s1. The number of alkyl halides is 1. The van der Waals surface area contributed by atoms with Crippen LogP contribution in [0.4, 0.5) is 0 Å². The van der Waals surface area contributed by atoms with Gasteiger partial charge >= 0.3 is 0 Å². The minimum absolute atomic E-state index is 0.0908. The van der Waals surface area contributed by atoms with Crippen LogP contribution in [0.1, 0.15) is 52.4 Å². The molecule has 1 aliphatic heterocycles. The zero-order chi connectivity index (χ0) is 15.7. The highest BCUT2D eigenvalue weighted by atomic mass is 79.9. The van der Waals surface area contributed by atoms with Gasteiger partial charge in [-0.05, 0) is 66.6 Å². The third kappa shape index (κ3) is 2.03. The molecule has 0 radical (unpaired) electrons. The second kappa shape index (κ2) is 5.18. The van der Waals surface area contributed by atoms with Gasteiger partial charge in [-0.3, -0.25) is 0 Å². The summed E-state index contributed by atoms with van der Waals surface area (Å²) >= 11 is 3.73. The van der Waals surface area contributed by atoms with E-state index in [0.717, 1.165) is 25.2 Å². The molecule has 3 aliphatic carbocycles. The first kappa shape index (κ1) is 15.9. The predicted octanol–water partition coefficient (Wildman–Crippen LogP) is 3.32. The van der Waals surface area contributed by atoms with E-state index >= 15 is 0 Å². The maximum atomic E-state index is 10.7. The van der Waals surface area contributed by atoms with Crippen LogP contribution in [-0.2, 0) is 4.74 Å². The van der Waals surface area contributed by atoms with Crippen molar-refractivity contribution in [2.24, 2.45) is 34.5 Å². The Kier molecular flexibility index (Phi) is 3.73. The van der Waals surface area contributed by atoms with E-state index in [1.165, 1.54) is 19.3 Å². The van der Waals surface area contributed by atoms with Crippen LogP contribution in [0.2, 0.25) is 0 Å². The molecule has 4 heteroatoms. The third-order valence-corrected chi connectivity index (χ3v) is 8.95. The molecule has 0 aromatic heterocycles. The Labute approximate surface area is 141 Å². The van der Waals surface area contributed by atoms with Crippen LogP contribution in [-0.4, -0.2) is 34.0 Å². The van der Waals surface area contributed by atoms with E-state index in [9.17, 15) is 10.2 Å². The Hall–Kier alpha value is 0.360. The van der Waals surface area contributed by atoms with Gasteiger partial charge in [0.15, 0.2) is 6.29 Å². The minimum atomic E-state index is -0.552. The van der Waals surface area contributed by atoms with Gasteiger partial charge in [-0.2, -0.15) is 0 Å². The van der Waals surface area contributed by atoms with Gasteiger partial charge < -0.3 is 14.9 Å². The number of halogens is 1. The molecule has 9 atom stereocenters. The molecule has 3 nitrogen and oxygen atoms in total. The van der Waals surface area contributed by atoms with E-state index in [1.54, 1.807) is 0 Å². The molecular weight excluding hydrogens is 344 g/mol. The highest BCUT2D eigenvalue weighted by Gasteiger charge is 2.62. The van der Waals surface area contributed by atoms with Gasteiger partial charge in [0.2, 0.25) is 0 Å². The van der Waals surface area contributed by atoms with E-state index in [0.29, 0.717) is 24.4 Å². The average molecular weight is 373 g/mol. The second-order valence-electron chi connectivity index (χ2n) is 8.90. The third-order valence-electron chi connectivity index (χ3n) is 8.07. The lowest BCUT2D eigenvalue weighted by atomic mass is 9.47. The molecule has 0 bridgehead atoms. The fourth-order valence-electron chi connectivity index (χ4n) is 6.68. The second-order valence-corrected chi connectivity index (χ2v) is 10.1. The fourth-order valence-corrected chi connectivity index (χ4v) is 7.68. The number of rotatable bonds is 0. The number of hydrogen-bond acceptors (Lipinski definition) is 3. The Morgan fingerprint density at radius 2 is 1.77 bits per heavy atom. The van der Waals surface area contributed by atoms with E-state index in [2.05, 4.69) is 29.8 Å². The summed E-state index contributed by atoms with van der Waals surface area (Å²) < 4.78 is 5.67. The van der Waals surface area contributed by atoms with Crippen molar-refractivity contribution in [3.63, 3.8) is 0 Å². The van der Waals surface area contributed by atoms with E-state index in [-0.39, 0.29) is 21.8 Å². The molecule has 4 rings (SSSR count). The summed E-state index contributed by atoms with van der Waals surface area (Å²) in [6.07, 6.45) is 6.00. The Balaban J connectivity index is 1.63. The predicted molar refractivity (Wildman–Crippen MR) is 88.6 cm³/mol. The van der Waals surface area contributed by atoms with Crippen molar-refractivity contribution >= 4 is 15.9 Å². The SMILES string of the molecule is C[C@]12CC[C@H]3[C@@H](CCC4C[C@H](O)OC[C@@]43C)[C@@H]1C[C@@H](Br)[C@@H]2O. The number of aliphatic hydroxyl groups is 2. The largest absolute Gasteiger partial charge is 0.391 e. The van der Waals surface area contributed by atoms with Gasteiger partial charge in [0, 0.05) is 11.2 Å². The average Bonchev–Trinajstić information content (AvgIpc) is 2.72. The van der Waals surface area contributed by atoms with Crippen molar-refractivity contribution in [1.29, 1.82) is 0 Å². The monoisotopic (exact) mass is 372 g/mol. The Morgan fingerprint density at radius 1 is 1.00 bits per heavy atom. The van der Waals surface area contributed by atoms with E-state index < -0.39 is 6.29 Å². The highest BCUT2D eigenvalue weighted by Crippen LogP contribution is 2.65. The van der Waals surface area contributed by atoms with Crippen molar-refractivity contribution in [2.75, 3.05) is 6.61 Å². The lowest BCUT2D eigenvalue weighted by Gasteiger charge is -2.60. The summed E-state index contributed by atoms with van der Waals surface area (Å²) in [5.41, 5.74) is 0.312. The number of fused-ring (bicyclic) bond motifs is 5. The molecule has 4 aliphatic rings. The summed E-state index contributed by atoms with van der Waals surface area (Å²) in [6, 6.07) is 0. The Morgan fingerprint density at radius 3 is 2.55 bits per heavy atom. The zero-order valence-corrected chi connectivity index (χ0v) is 15.3. The maximum absolute atomic E-state index is 10.7. The van der Waals surface area contributed by atoms with Crippen LogP contribution in [0.15, 0.2) is 0 Å².